The predicted octanol–water partition coefficient (Wildman–Crippen LogP) is 0.859. The first-order chi connectivity index (χ1) is 4.56. The second kappa shape index (κ2) is 4.03. The Morgan fingerprint density at radius 2 is 2.10 bits per heavy atom. The van der Waals surface area contributed by atoms with Gasteiger partial charge in [0.05, 0.1) is 0 Å². The van der Waals surface area contributed by atoms with Gasteiger partial charge in [0, 0.05) is 0 Å². The summed E-state index contributed by atoms with van der Waals surface area (Å²) in [6, 6.07) is 0. The van der Waals surface area contributed by atoms with E-state index >= 15 is 0 Å². The summed E-state index contributed by atoms with van der Waals surface area (Å²) in [4.78, 5) is 12.0. The number of rotatable bonds is 3. The zero-order valence-corrected chi connectivity index (χ0v) is 4.81. The normalized spacial score (nSPS) is 10.7. The van der Waals surface area contributed by atoms with Gasteiger partial charge in [-0.15, -0.1) is 0 Å². The van der Waals surface area contributed by atoms with Crippen LogP contribution in [-0.4, -0.2) is 25.6 Å². The Morgan fingerprint density at radius 3 is 2.50 bits per heavy atom. The number of alkyl halides is 3. The highest BCUT2D eigenvalue weighted by Crippen LogP contribution is 2.13. The van der Waals surface area contributed by atoms with Crippen molar-refractivity contribution in [2.24, 2.45) is 4.99 Å². The van der Waals surface area contributed by atoms with Crippen molar-refractivity contribution in [3.63, 3.8) is 0 Å². The summed E-state index contributed by atoms with van der Waals surface area (Å²) in [6.45, 7) is -1.98. The van der Waals surface area contributed by atoms with E-state index in [1.165, 1.54) is 0 Å². The minimum Gasteiger partial charge on any atom is -0.349 e. The summed E-state index contributed by atoms with van der Waals surface area (Å²) in [5.41, 5.74) is 0. The van der Waals surface area contributed by atoms with Gasteiger partial charge in [-0.2, -0.15) is 18.2 Å². The van der Waals surface area contributed by atoms with Crippen LogP contribution in [0.1, 0.15) is 0 Å². The van der Waals surface area contributed by atoms with E-state index in [1.807, 2.05) is 0 Å². The van der Waals surface area contributed by atoms with E-state index in [2.05, 4.69) is 9.73 Å². The molecule has 0 aromatic carbocycles. The predicted molar refractivity (Wildman–Crippen MR) is 25.0 cm³/mol. The number of hydrogen-bond donors (Lipinski definition) is 0. The third-order valence-electron chi connectivity index (χ3n) is 0.486. The number of ether oxygens (including phenoxy) is 1. The van der Waals surface area contributed by atoms with Gasteiger partial charge in [0.25, 0.3) is 0 Å². The molecule has 0 saturated carbocycles. The molecule has 0 spiro atoms. The molecule has 6 heteroatoms. The first-order valence-electron chi connectivity index (χ1n) is 2.24. The molecule has 10 heavy (non-hydrogen) atoms. The number of hydrogen-bond acceptors (Lipinski definition) is 3. The molecule has 0 aliphatic heterocycles. The third kappa shape index (κ3) is 7.13. The molecular weight excluding hydrogens is 151 g/mol. The lowest BCUT2D eigenvalue weighted by Gasteiger charge is -2.03. The van der Waals surface area contributed by atoms with Crippen LogP contribution in [0.15, 0.2) is 4.99 Å². The van der Waals surface area contributed by atoms with Gasteiger partial charge < -0.3 is 4.74 Å². The maximum Gasteiger partial charge on any atom is 0.411 e. The van der Waals surface area contributed by atoms with Crippen molar-refractivity contribution in [3.8, 4) is 0 Å². The maximum absolute atomic E-state index is 11.2. The van der Waals surface area contributed by atoms with E-state index in [-0.39, 0.29) is 0 Å². The standard InChI is InChI=1S/C4H4F3NO2/c5-4(6,7)1-10-3-8-2-9/h1,3H2. The second-order valence-electron chi connectivity index (χ2n) is 1.34. The van der Waals surface area contributed by atoms with Crippen LogP contribution in [0.25, 0.3) is 0 Å². The molecule has 0 aromatic heterocycles. The molecule has 0 aromatic rings. The Kier molecular flexibility index (Phi) is 3.68. The van der Waals surface area contributed by atoms with Gasteiger partial charge in [0.1, 0.15) is 13.3 Å². The topological polar surface area (TPSA) is 38.7 Å². The third-order valence-corrected chi connectivity index (χ3v) is 0.486. The Labute approximate surface area is 54.5 Å². The van der Waals surface area contributed by atoms with Crippen molar-refractivity contribution in [3.05, 3.63) is 0 Å². The van der Waals surface area contributed by atoms with Crippen molar-refractivity contribution < 1.29 is 22.7 Å². The fourth-order valence-corrected chi connectivity index (χ4v) is 0.233. The highest BCUT2D eigenvalue weighted by molar-refractivity contribution is 5.32. The molecule has 0 aliphatic carbocycles. The number of nitrogens with zero attached hydrogens (tertiary/aromatic N) is 1. The number of halogens is 3. The first kappa shape index (κ1) is 9.13. The molecule has 3 nitrogen and oxygen atoms in total. The highest BCUT2D eigenvalue weighted by atomic mass is 19.4. The summed E-state index contributed by atoms with van der Waals surface area (Å²) < 4.78 is 37.5. The van der Waals surface area contributed by atoms with Gasteiger partial charge in [-0.25, -0.2) is 4.79 Å². The van der Waals surface area contributed by atoms with Gasteiger partial charge in [-0.3, -0.25) is 0 Å². The summed E-state index contributed by atoms with van der Waals surface area (Å²) in [6.07, 6.45) is -3.33. The Bertz CT molecular complexity index is 138. The second-order valence-corrected chi connectivity index (χ2v) is 1.34. The lowest BCUT2D eigenvalue weighted by atomic mass is 10.7. The summed E-state index contributed by atoms with van der Waals surface area (Å²) in [5, 5.41) is 0. The smallest absolute Gasteiger partial charge is 0.349 e. The van der Waals surface area contributed by atoms with Crippen molar-refractivity contribution in [1.29, 1.82) is 0 Å². The highest BCUT2D eigenvalue weighted by Gasteiger charge is 2.27. The number of isocyanates is 1. The van der Waals surface area contributed by atoms with Crippen LogP contribution in [-0.2, 0) is 9.53 Å². The van der Waals surface area contributed by atoms with Crippen LogP contribution in [0.2, 0.25) is 0 Å². The molecule has 0 atom stereocenters. The van der Waals surface area contributed by atoms with Crippen LogP contribution in [0.4, 0.5) is 13.2 Å². The first-order valence-corrected chi connectivity index (χ1v) is 2.24. The van der Waals surface area contributed by atoms with E-state index in [0.717, 1.165) is 6.08 Å². The van der Waals surface area contributed by atoms with Gasteiger partial charge in [-0.1, -0.05) is 0 Å². The molecule has 0 fully saturated rings. The molecule has 0 bridgehead atoms. The lowest BCUT2D eigenvalue weighted by Crippen LogP contribution is -2.16. The quantitative estimate of drug-likeness (QED) is 0.344. The Balaban J connectivity index is 3.28. The monoisotopic (exact) mass is 155 g/mol. The molecular formula is C4H4F3NO2. The van der Waals surface area contributed by atoms with Gasteiger partial charge in [-0.05, 0) is 0 Å². The SMILES string of the molecule is O=C=NCOCC(F)(F)F. The molecule has 0 rings (SSSR count). The summed E-state index contributed by atoms with van der Waals surface area (Å²) in [7, 11) is 0. The van der Waals surface area contributed by atoms with E-state index in [9.17, 15) is 18.0 Å². The van der Waals surface area contributed by atoms with Crippen LogP contribution >= 0.6 is 0 Å². The minimum atomic E-state index is -4.36. The van der Waals surface area contributed by atoms with Crippen LogP contribution in [0.3, 0.4) is 0 Å². The molecule has 0 radical (unpaired) electrons. The number of aliphatic imine (C=N–C) groups is 1. The van der Waals surface area contributed by atoms with Gasteiger partial charge in [0.2, 0.25) is 6.08 Å². The van der Waals surface area contributed by atoms with Crippen LogP contribution < -0.4 is 0 Å². The average Bonchev–Trinajstić information content (AvgIpc) is 1.78. The van der Waals surface area contributed by atoms with Crippen LogP contribution in [0.5, 0.6) is 0 Å². The molecule has 58 valence electrons. The summed E-state index contributed by atoms with van der Waals surface area (Å²) in [5.74, 6) is 0. The largest absolute Gasteiger partial charge is 0.411 e. The van der Waals surface area contributed by atoms with E-state index in [1.54, 1.807) is 0 Å². The zero-order chi connectivity index (χ0) is 8.04. The van der Waals surface area contributed by atoms with E-state index in [4.69, 9.17) is 0 Å². The Hall–Kier alpha value is -0.870. The number of carbonyl (C=O) groups excluding carboxylic acids is 1. The molecule has 0 amide bonds. The van der Waals surface area contributed by atoms with Gasteiger partial charge in [0.15, 0.2) is 0 Å². The zero-order valence-electron chi connectivity index (χ0n) is 4.81. The molecule has 0 aliphatic rings. The molecule has 0 saturated heterocycles. The Morgan fingerprint density at radius 1 is 1.50 bits per heavy atom. The van der Waals surface area contributed by atoms with Crippen molar-refractivity contribution >= 4 is 6.08 Å². The fraction of sp³-hybridized carbons (Fsp3) is 0.750. The van der Waals surface area contributed by atoms with Crippen LogP contribution in [0, 0.1) is 0 Å². The van der Waals surface area contributed by atoms with E-state index < -0.39 is 19.5 Å². The average molecular weight is 155 g/mol. The van der Waals surface area contributed by atoms with Gasteiger partial charge >= 0.3 is 6.18 Å². The minimum absolute atomic E-state index is 0.594. The summed E-state index contributed by atoms with van der Waals surface area (Å²) >= 11 is 0. The lowest BCUT2D eigenvalue weighted by molar-refractivity contribution is -0.173. The van der Waals surface area contributed by atoms with Crippen molar-refractivity contribution in [2.45, 2.75) is 6.18 Å². The molecule has 0 N–H and O–H groups in total. The maximum atomic E-state index is 11.2. The van der Waals surface area contributed by atoms with E-state index in [0.29, 0.717) is 0 Å². The molecule has 0 unspecified atom stereocenters. The molecule has 0 heterocycles. The van der Waals surface area contributed by atoms with Crippen molar-refractivity contribution in [2.75, 3.05) is 13.3 Å². The van der Waals surface area contributed by atoms with Crippen molar-refractivity contribution in [1.82, 2.24) is 0 Å². The fourth-order valence-electron chi connectivity index (χ4n) is 0.233.